The van der Waals surface area contributed by atoms with Gasteiger partial charge in [0.05, 0.1) is 12.3 Å². The summed E-state index contributed by atoms with van der Waals surface area (Å²) < 4.78 is 17.3. The number of ether oxygens (including phenoxy) is 3. The predicted octanol–water partition coefficient (Wildman–Crippen LogP) is 2.25. The summed E-state index contributed by atoms with van der Waals surface area (Å²) in [7, 11) is 0. The number of carbonyl (C=O) groups excluding carboxylic acids is 4. The minimum Gasteiger partial charge on any atom is -0.479 e. The van der Waals surface area contributed by atoms with Gasteiger partial charge in [-0.05, 0) is 53.2 Å². The number of aliphatic carboxylic acids is 1. The highest BCUT2D eigenvalue weighted by Crippen LogP contribution is 2.21. The maximum Gasteiger partial charge on any atom is 0.409 e. The molecule has 2 heterocycles. The van der Waals surface area contributed by atoms with Crippen LogP contribution in [0, 0.1) is 0 Å². The van der Waals surface area contributed by atoms with Crippen LogP contribution in [-0.4, -0.2) is 105 Å². The molecule has 14 heteroatoms. The van der Waals surface area contributed by atoms with Crippen molar-refractivity contribution in [1.82, 2.24) is 24.9 Å². The van der Waals surface area contributed by atoms with Crippen LogP contribution >= 0.6 is 0 Å². The molecule has 3 rings (SSSR count). The van der Waals surface area contributed by atoms with E-state index in [1.54, 1.807) is 58.0 Å². The fourth-order valence-electron chi connectivity index (χ4n) is 4.23. The second-order valence-corrected chi connectivity index (χ2v) is 10.9. The number of rotatable bonds is 11. The highest BCUT2D eigenvalue weighted by atomic mass is 16.6. The predicted molar refractivity (Wildman–Crippen MR) is 153 cm³/mol. The third-order valence-corrected chi connectivity index (χ3v) is 6.33. The maximum atomic E-state index is 13.6. The quantitative estimate of drug-likeness (QED) is 0.364. The number of hydrogen-bond acceptors (Lipinski definition) is 9. The molecule has 1 fully saturated rings. The Morgan fingerprint density at radius 2 is 1.65 bits per heavy atom. The van der Waals surface area contributed by atoms with Gasteiger partial charge in [-0.1, -0.05) is 18.2 Å². The molecule has 2 atom stereocenters. The largest absolute Gasteiger partial charge is 0.479 e. The summed E-state index contributed by atoms with van der Waals surface area (Å²) in [5.41, 5.74) is -0.332. The van der Waals surface area contributed by atoms with Gasteiger partial charge in [0.25, 0.3) is 5.91 Å². The number of esters is 1. The van der Waals surface area contributed by atoms with Crippen LogP contribution in [0.3, 0.4) is 0 Å². The second kappa shape index (κ2) is 14.5. The molecule has 1 aromatic heterocycles. The van der Waals surface area contributed by atoms with Gasteiger partial charge in [-0.2, -0.15) is 5.10 Å². The summed E-state index contributed by atoms with van der Waals surface area (Å²) in [5.74, 6) is -2.88. The van der Waals surface area contributed by atoms with E-state index in [9.17, 15) is 29.1 Å². The molecule has 0 radical (unpaired) electrons. The van der Waals surface area contributed by atoms with E-state index in [1.807, 2.05) is 0 Å². The number of amides is 3. The van der Waals surface area contributed by atoms with Gasteiger partial charge in [0, 0.05) is 38.7 Å². The van der Waals surface area contributed by atoms with Gasteiger partial charge in [-0.25, -0.2) is 14.3 Å². The minimum absolute atomic E-state index is 0.0120. The van der Waals surface area contributed by atoms with Gasteiger partial charge in [-0.15, -0.1) is 0 Å². The molecule has 14 nitrogen and oxygen atoms in total. The SMILES string of the molecule is CCOC(=O)N1CCN(C(=O)[C@H](CCC(=O)OC(C)(C)C)NC(=O)c2cc(O[C@H](C)C(=O)O)n(-c3ccccc3)n2)CC1. The lowest BCUT2D eigenvalue weighted by Crippen LogP contribution is -2.56. The molecule has 0 saturated carbocycles. The molecule has 0 unspecified atom stereocenters. The first-order valence-electron chi connectivity index (χ1n) is 14.1. The van der Waals surface area contributed by atoms with Crippen LogP contribution in [-0.2, 0) is 23.9 Å². The van der Waals surface area contributed by atoms with Gasteiger partial charge in [-0.3, -0.25) is 14.4 Å². The molecule has 3 amide bonds. The number of aromatic nitrogens is 2. The van der Waals surface area contributed by atoms with E-state index >= 15 is 0 Å². The number of benzene rings is 1. The number of carboxylic acids is 1. The molecule has 1 aromatic carbocycles. The summed E-state index contributed by atoms with van der Waals surface area (Å²) in [5, 5.41) is 16.3. The van der Waals surface area contributed by atoms with Crippen LogP contribution in [0.5, 0.6) is 5.88 Å². The lowest BCUT2D eigenvalue weighted by Gasteiger charge is -2.36. The maximum absolute atomic E-state index is 13.6. The van der Waals surface area contributed by atoms with Crippen LogP contribution in [0.2, 0.25) is 0 Å². The summed E-state index contributed by atoms with van der Waals surface area (Å²) in [4.78, 5) is 66.0. The minimum atomic E-state index is -1.23. The fraction of sp³-hybridized carbons (Fsp3) is 0.517. The summed E-state index contributed by atoms with van der Waals surface area (Å²) in [6.07, 6.45) is -1.88. The van der Waals surface area contributed by atoms with Crippen LogP contribution in [0.15, 0.2) is 36.4 Å². The number of carboxylic acid groups (broad SMARTS) is 1. The third-order valence-electron chi connectivity index (χ3n) is 6.33. The van der Waals surface area contributed by atoms with Crippen molar-refractivity contribution < 1.29 is 43.3 Å². The normalized spacial score (nSPS) is 14.8. The zero-order chi connectivity index (χ0) is 31.7. The molecule has 1 saturated heterocycles. The van der Waals surface area contributed by atoms with E-state index in [1.165, 1.54) is 27.5 Å². The van der Waals surface area contributed by atoms with Crippen molar-refractivity contribution in [3.8, 4) is 11.6 Å². The smallest absolute Gasteiger partial charge is 0.409 e. The van der Waals surface area contributed by atoms with E-state index in [0.29, 0.717) is 5.69 Å². The highest BCUT2D eigenvalue weighted by molar-refractivity contribution is 5.96. The molecule has 1 aliphatic heterocycles. The zero-order valence-electron chi connectivity index (χ0n) is 25.1. The van der Waals surface area contributed by atoms with Gasteiger partial charge in [0.2, 0.25) is 11.8 Å². The molecule has 2 N–H and O–H groups in total. The van der Waals surface area contributed by atoms with Crippen molar-refractivity contribution in [3.63, 3.8) is 0 Å². The molecule has 0 bridgehead atoms. The van der Waals surface area contributed by atoms with Crippen molar-refractivity contribution in [2.45, 2.75) is 65.2 Å². The Morgan fingerprint density at radius 1 is 1.02 bits per heavy atom. The zero-order valence-corrected chi connectivity index (χ0v) is 25.1. The number of nitrogens with one attached hydrogen (secondary N) is 1. The molecule has 0 spiro atoms. The second-order valence-electron chi connectivity index (χ2n) is 10.9. The first-order chi connectivity index (χ1) is 20.3. The highest BCUT2D eigenvalue weighted by Gasteiger charge is 2.32. The van der Waals surface area contributed by atoms with Crippen LogP contribution in [0.1, 0.15) is 57.9 Å². The summed E-state index contributed by atoms with van der Waals surface area (Å²) >= 11 is 0. The average molecular weight is 602 g/mol. The van der Waals surface area contributed by atoms with Gasteiger partial charge >= 0.3 is 18.0 Å². The van der Waals surface area contributed by atoms with Crippen LogP contribution in [0.25, 0.3) is 5.69 Å². The molecule has 234 valence electrons. The van der Waals surface area contributed by atoms with E-state index in [2.05, 4.69) is 10.4 Å². The number of para-hydroxylation sites is 1. The monoisotopic (exact) mass is 601 g/mol. The number of carbonyl (C=O) groups is 5. The van der Waals surface area contributed by atoms with Gasteiger partial charge in [0.1, 0.15) is 11.6 Å². The molecule has 2 aromatic rings. The summed E-state index contributed by atoms with van der Waals surface area (Å²) in [6, 6.07) is 8.86. The van der Waals surface area contributed by atoms with Crippen LogP contribution in [0.4, 0.5) is 4.79 Å². The van der Waals surface area contributed by atoms with Crippen molar-refractivity contribution in [3.05, 3.63) is 42.1 Å². The summed E-state index contributed by atoms with van der Waals surface area (Å²) in [6.45, 7) is 9.40. The van der Waals surface area contributed by atoms with E-state index in [0.717, 1.165) is 0 Å². The van der Waals surface area contributed by atoms with Crippen molar-refractivity contribution in [2.75, 3.05) is 32.8 Å². The van der Waals surface area contributed by atoms with E-state index in [4.69, 9.17) is 14.2 Å². The lowest BCUT2D eigenvalue weighted by atomic mass is 10.1. The average Bonchev–Trinajstić information content (AvgIpc) is 3.38. The molecular formula is C29H39N5O9. The Hall–Kier alpha value is -4.62. The fourth-order valence-corrected chi connectivity index (χ4v) is 4.23. The standard InChI is InChI=1S/C29H39N5O9/c1-6-41-28(40)33-16-14-32(15-17-33)26(37)21(12-13-24(35)43-29(3,4)5)30-25(36)22-18-23(42-19(2)27(38)39)34(31-22)20-10-8-7-9-11-20/h7-11,18-19,21H,6,12-17H2,1-5H3,(H,30,36)(H,38,39)/t19-,21+/m1/s1. The third kappa shape index (κ3) is 9.45. The van der Waals surface area contributed by atoms with Gasteiger partial charge in [0.15, 0.2) is 11.8 Å². The number of piperazine rings is 1. The number of hydrogen-bond donors (Lipinski definition) is 2. The molecular weight excluding hydrogens is 562 g/mol. The van der Waals surface area contributed by atoms with Crippen LogP contribution < -0.4 is 10.1 Å². The van der Waals surface area contributed by atoms with Gasteiger partial charge < -0.3 is 34.4 Å². The Kier molecular flexibility index (Phi) is 11.1. The first-order valence-corrected chi connectivity index (χ1v) is 14.1. The van der Waals surface area contributed by atoms with E-state index in [-0.39, 0.29) is 57.2 Å². The first kappa shape index (κ1) is 32.9. The number of nitrogens with zero attached hydrogens (tertiary/aromatic N) is 4. The Balaban J connectivity index is 1.82. The van der Waals surface area contributed by atoms with E-state index < -0.39 is 47.6 Å². The Bertz CT molecular complexity index is 1300. The van der Waals surface area contributed by atoms with Crippen molar-refractivity contribution >= 4 is 29.8 Å². The molecule has 1 aliphatic rings. The Morgan fingerprint density at radius 3 is 2.23 bits per heavy atom. The lowest BCUT2D eigenvalue weighted by molar-refractivity contribution is -0.155. The topological polar surface area (TPSA) is 170 Å². The molecule has 43 heavy (non-hydrogen) atoms. The molecule has 0 aliphatic carbocycles. The van der Waals surface area contributed by atoms with Crippen molar-refractivity contribution in [1.29, 1.82) is 0 Å². The van der Waals surface area contributed by atoms with Crippen molar-refractivity contribution in [2.24, 2.45) is 0 Å². The Labute approximate surface area is 249 Å².